The number of likely N-dealkylation sites (tertiary alicyclic amines) is 1. The van der Waals surface area contributed by atoms with Crippen LogP contribution >= 0.6 is 11.8 Å². The summed E-state index contributed by atoms with van der Waals surface area (Å²) < 4.78 is 0. The second-order valence-electron chi connectivity index (χ2n) is 5.00. The van der Waals surface area contributed by atoms with Crippen molar-refractivity contribution in [2.75, 3.05) is 45.2 Å². The molecule has 2 N–H and O–H groups in total. The molecule has 112 valence electrons. The monoisotopic (exact) mass is 286 g/mol. The SMILES string of the molecule is CCN1CCCC1CNC(=NC)NCCCCSC. The fourth-order valence-electron chi connectivity index (χ4n) is 2.56. The van der Waals surface area contributed by atoms with Crippen molar-refractivity contribution in [3.63, 3.8) is 0 Å². The zero-order valence-electron chi connectivity index (χ0n) is 12.7. The van der Waals surface area contributed by atoms with E-state index in [4.69, 9.17) is 0 Å². The lowest BCUT2D eigenvalue weighted by Crippen LogP contribution is -2.45. The van der Waals surface area contributed by atoms with E-state index >= 15 is 0 Å². The number of likely N-dealkylation sites (N-methyl/N-ethyl adjacent to an activating group) is 1. The van der Waals surface area contributed by atoms with Crippen molar-refractivity contribution in [1.82, 2.24) is 15.5 Å². The summed E-state index contributed by atoms with van der Waals surface area (Å²) in [6.07, 6.45) is 7.30. The fraction of sp³-hybridized carbons (Fsp3) is 0.929. The van der Waals surface area contributed by atoms with Gasteiger partial charge in [0.1, 0.15) is 0 Å². The van der Waals surface area contributed by atoms with Crippen LogP contribution in [0.4, 0.5) is 0 Å². The van der Waals surface area contributed by atoms with Crippen molar-refractivity contribution in [3.8, 4) is 0 Å². The zero-order valence-corrected chi connectivity index (χ0v) is 13.6. The molecule has 1 heterocycles. The first kappa shape index (κ1) is 16.6. The van der Waals surface area contributed by atoms with E-state index in [0.29, 0.717) is 6.04 Å². The lowest BCUT2D eigenvalue weighted by Gasteiger charge is -2.23. The molecule has 1 atom stereocenters. The molecule has 1 aliphatic heterocycles. The molecule has 1 rings (SSSR count). The molecule has 0 aromatic rings. The zero-order chi connectivity index (χ0) is 13.9. The number of nitrogens with one attached hydrogen (secondary N) is 2. The van der Waals surface area contributed by atoms with E-state index in [1.54, 1.807) is 0 Å². The van der Waals surface area contributed by atoms with Crippen LogP contribution in [0.25, 0.3) is 0 Å². The number of nitrogens with zero attached hydrogens (tertiary/aromatic N) is 2. The van der Waals surface area contributed by atoms with Crippen LogP contribution in [0, 0.1) is 0 Å². The molecule has 19 heavy (non-hydrogen) atoms. The largest absolute Gasteiger partial charge is 0.356 e. The smallest absolute Gasteiger partial charge is 0.191 e. The van der Waals surface area contributed by atoms with Crippen molar-refractivity contribution < 1.29 is 0 Å². The number of aliphatic imine (C=N–C) groups is 1. The van der Waals surface area contributed by atoms with Gasteiger partial charge in [-0.15, -0.1) is 0 Å². The second-order valence-corrected chi connectivity index (χ2v) is 5.99. The maximum atomic E-state index is 4.29. The van der Waals surface area contributed by atoms with E-state index in [9.17, 15) is 0 Å². The highest BCUT2D eigenvalue weighted by molar-refractivity contribution is 7.98. The molecule has 0 radical (unpaired) electrons. The van der Waals surface area contributed by atoms with Crippen LogP contribution in [0.15, 0.2) is 4.99 Å². The number of unbranched alkanes of at least 4 members (excludes halogenated alkanes) is 1. The van der Waals surface area contributed by atoms with Crippen LogP contribution in [0.3, 0.4) is 0 Å². The minimum Gasteiger partial charge on any atom is -0.356 e. The first-order valence-corrected chi connectivity index (χ1v) is 8.88. The van der Waals surface area contributed by atoms with Crippen LogP contribution in [0.5, 0.6) is 0 Å². The predicted octanol–water partition coefficient (Wildman–Crippen LogP) is 1.78. The van der Waals surface area contributed by atoms with Crippen molar-refractivity contribution in [3.05, 3.63) is 0 Å². The number of thioether (sulfide) groups is 1. The highest BCUT2D eigenvalue weighted by Crippen LogP contribution is 2.15. The summed E-state index contributed by atoms with van der Waals surface area (Å²) in [5.74, 6) is 2.20. The highest BCUT2D eigenvalue weighted by Gasteiger charge is 2.22. The van der Waals surface area contributed by atoms with Crippen molar-refractivity contribution >= 4 is 17.7 Å². The highest BCUT2D eigenvalue weighted by atomic mass is 32.2. The van der Waals surface area contributed by atoms with Crippen molar-refractivity contribution in [2.24, 2.45) is 4.99 Å². The summed E-state index contributed by atoms with van der Waals surface area (Å²) >= 11 is 1.92. The number of guanidine groups is 1. The third kappa shape index (κ3) is 6.52. The van der Waals surface area contributed by atoms with Crippen molar-refractivity contribution in [1.29, 1.82) is 0 Å². The molecular formula is C14H30N4S. The standard InChI is InChI=1S/C14H30N4S/c1-4-18-10-7-8-13(18)12-17-14(15-2)16-9-5-6-11-19-3/h13H,4-12H2,1-3H3,(H2,15,16,17). The molecule has 0 spiro atoms. The molecule has 0 saturated carbocycles. The first-order valence-electron chi connectivity index (χ1n) is 7.49. The molecule has 1 fully saturated rings. The molecule has 0 aliphatic carbocycles. The van der Waals surface area contributed by atoms with Crippen LogP contribution < -0.4 is 10.6 Å². The molecule has 1 saturated heterocycles. The number of hydrogen-bond donors (Lipinski definition) is 2. The third-order valence-electron chi connectivity index (χ3n) is 3.70. The molecule has 1 unspecified atom stereocenters. The maximum absolute atomic E-state index is 4.29. The summed E-state index contributed by atoms with van der Waals surface area (Å²) in [5, 5.41) is 6.85. The van der Waals surface area contributed by atoms with Crippen LogP contribution in [-0.4, -0.2) is 62.1 Å². The topological polar surface area (TPSA) is 39.7 Å². The van der Waals surface area contributed by atoms with E-state index in [-0.39, 0.29) is 0 Å². The summed E-state index contributed by atoms with van der Waals surface area (Å²) in [7, 11) is 1.85. The minimum absolute atomic E-state index is 0.681. The fourth-order valence-corrected chi connectivity index (χ4v) is 3.05. The molecule has 5 heteroatoms. The van der Waals surface area contributed by atoms with E-state index in [0.717, 1.165) is 25.6 Å². The molecule has 0 aromatic heterocycles. The summed E-state index contributed by atoms with van der Waals surface area (Å²) in [5.41, 5.74) is 0. The molecule has 1 aliphatic rings. The van der Waals surface area contributed by atoms with Gasteiger partial charge in [-0.1, -0.05) is 6.92 Å². The van der Waals surface area contributed by atoms with Gasteiger partial charge in [0.15, 0.2) is 5.96 Å². The summed E-state index contributed by atoms with van der Waals surface area (Å²) in [6, 6.07) is 0.681. The Labute approximate surface area is 122 Å². The van der Waals surface area contributed by atoms with Gasteiger partial charge in [0.25, 0.3) is 0 Å². The second kappa shape index (κ2) is 10.4. The van der Waals surface area contributed by atoms with E-state index < -0.39 is 0 Å². The van der Waals surface area contributed by atoms with E-state index in [2.05, 4.69) is 33.7 Å². The van der Waals surface area contributed by atoms with Crippen molar-refractivity contribution in [2.45, 2.75) is 38.6 Å². The van der Waals surface area contributed by atoms with Gasteiger partial charge in [-0.25, -0.2) is 0 Å². The summed E-state index contributed by atoms with van der Waals surface area (Å²) in [6.45, 7) is 6.69. The first-order chi connectivity index (χ1) is 9.31. The van der Waals surface area contributed by atoms with Gasteiger partial charge in [0, 0.05) is 26.2 Å². The predicted molar refractivity (Wildman–Crippen MR) is 87.2 cm³/mol. The number of rotatable bonds is 8. The van der Waals surface area contributed by atoms with Gasteiger partial charge in [0.05, 0.1) is 0 Å². The molecule has 0 bridgehead atoms. The van der Waals surface area contributed by atoms with Gasteiger partial charge in [-0.05, 0) is 50.8 Å². The summed E-state index contributed by atoms with van der Waals surface area (Å²) in [4.78, 5) is 6.84. The lowest BCUT2D eigenvalue weighted by molar-refractivity contribution is 0.267. The average Bonchev–Trinajstić information content (AvgIpc) is 2.89. The van der Waals surface area contributed by atoms with Crippen LogP contribution in [0.1, 0.15) is 32.6 Å². The van der Waals surface area contributed by atoms with E-state index in [1.807, 2.05) is 18.8 Å². The number of hydrogen-bond acceptors (Lipinski definition) is 3. The Bertz CT molecular complexity index is 258. The molecular weight excluding hydrogens is 256 g/mol. The normalized spacial score (nSPS) is 20.8. The van der Waals surface area contributed by atoms with Gasteiger partial charge in [-0.3, -0.25) is 9.89 Å². The molecule has 0 aromatic carbocycles. The van der Waals surface area contributed by atoms with Gasteiger partial charge >= 0.3 is 0 Å². The van der Waals surface area contributed by atoms with Gasteiger partial charge < -0.3 is 10.6 Å². The average molecular weight is 286 g/mol. The lowest BCUT2D eigenvalue weighted by atomic mass is 10.2. The Morgan fingerprint density at radius 1 is 1.37 bits per heavy atom. The molecule has 4 nitrogen and oxygen atoms in total. The minimum atomic E-state index is 0.681. The third-order valence-corrected chi connectivity index (χ3v) is 4.40. The Kier molecular flexibility index (Phi) is 9.08. The Balaban J connectivity index is 2.14. The maximum Gasteiger partial charge on any atom is 0.191 e. The van der Waals surface area contributed by atoms with E-state index in [1.165, 1.54) is 38.0 Å². The van der Waals surface area contributed by atoms with Crippen LogP contribution in [-0.2, 0) is 0 Å². The Morgan fingerprint density at radius 2 is 2.21 bits per heavy atom. The van der Waals surface area contributed by atoms with Crippen LogP contribution in [0.2, 0.25) is 0 Å². The quantitative estimate of drug-likeness (QED) is 0.405. The Hall–Kier alpha value is -0.420. The van der Waals surface area contributed by atoms with Gasteiger partial charge in [0.2, 0.25) is 0 Å². The Morgan fingerprint density at radius 3 is 2.89 bits per heavy atom. The van der Waals surface area contributed by atoms with Gasteiger partial charge in [-0.2, -0.15) is 11.8 Å². The molecule has 0 amide bonds.